The topological polar surface area (TPSA) is 78.3 Å². The third-order valence-corrected chi connectivity index (χ3v) is 4.89. The standard InChI is InChI=1S/C22H23F3N4O2/c1-21(2,3)31-20(30)29-9-8-16-10-14(12-27-28-26)11-18(19(16)13-29)15-4-6-17(7-5-15)22(23,24)25/h4-7,10-11H,8-9,12-13H2,1-3H3. The molecule has 0 atom stereocenters. The van der Waals surface area contributed by atoms with Crippen molar-refractivity contribution in [1.82, 2.24) is 4.90 Å². The molecule has 0 unspecified atom stereocenters. The van der Waals surface area contributed by atoms with Crippen LogP contribution in [0.3, 0.4) is 0 Å². The molecule has 1 aliphatic rings. The van der Waals surface area contributed by atoms with E-state index < -0.39 is 23.4 Å². The Morgan fingerprint density at radius 3 is 2.45 bits per heavy atom. The van der Waals surface area contributed by atoms with Gasteiger partial charge in [0.1, 0.15) is 5.60 Å². The van der Waals surface area contributed by atoms with Crippen LogP contribution >= 0.6 is 0 Å². The highest BCUT2D eigenvalue weighted by atomic mass is 19.4. The second-order valence-corrected chi connectivity index (χ2v) is 8.40. The van der Waals surface area contributed by atoms with Crippen molar-refractivity contribution >= 4 is 6.09 Å². The third kappa shape index (κ3) is 5.49. The van der Waals surface area contributed by atoms with E-state index in [1.807, 2.05) is 6.07 Å². The highest BCUT2D eigenvalue weighted by molar-refractivity contribution is 5.73. The normalized spacial score (nSPS) is 13.9. The molecule has 1 aliphatic heterocycles. The first-order valence-electron chi connectivity index (χ1n) is 9.79. The lowest BCUT2D eigenvalue weighted by molar-refractivity contribution is -0.137. The van der Waals surface area contributed by atoms with Gasteiger partial charge in [-0.15, -0.1) is 0 Å². The molecule has 164 valence electrons. The first-order valence-corrected chi connectivity index (χ1v) is 9.79. The van der Waals surface area contributed by atoms with E-state index in [2.05, 4.69) is 10.0 Å². The van der Waals surface area contributed by atoms with Crippen LogP contribution in [0, 0.1) is 0 Å². The summed E-state index contributed by atoms with van der Waals surface area (Å²) in [4.78, 5) is 16.9. The number of hydrogen-bond acceptors (Lipinski definition) is 3. The van der Waals surface area contributed by atoms with Gasteiger partial charge in [-0.25, -0.2) is 4.79 Å². The molecule has 9 heteroatoms. The van der Waals surface area contributed by atoms with Crippen LogP contribution in [0.25, 0.3) is 21.6 Å². The number of alkyl halides is 3. The highest BCUT2D eigenvalue weighted by Crippen LogP contribution is 2.35. The van der Waals surface area contributed by atoms with Crippen molar-refractivity contribution in [3.8, 4) is 11.1 Å². The van der Waals surface area contributed by atoms with Crippen molar-refractivity contribution in [2.45, 2.75) is 52.1 Å². The van der Waals surface area contributed by atoms with Crippen LogP contribution in [-0.4, -0.2) is 23.1 Å². The zero-order valence-electron chi connectivity index (χ0n) is 17.5. The van der Waals surface area contributed by atoms with Gasteiger partial charge in [-0.05, 0) is 72.7 Å². The number of carbonyl (C=O) groups excluding carboxylic acids is 1. The van der Waals surface area contributed by atoms with Gasteiger partial charge in [0.25, 0.3) is 0 Å². The molecule has 2 aromatic rings. The average Bonchev–Trinajstić information content (AvgIpc) is 2.69. The Balaban J connectivity index is 2.01. The summed E-state index contributed by atoms with van der Waals surface area (Å²) in [5.74, 6) is 0. The minimum atomic E-state index is -4.42. The van der Waals surface area contributed by atoms with Crippen molar-refractivity contribution in [1.29, 1.82) is 0 Å². The maximum Gasteiger partial charge on any atom is 0.416 e. The Labute approximate surface area is 178 Å². The Bertz CT molecular complexity index is 1020. The average molecular weight is 432 g/mol. The predicted octanol–water partition coefficient (Wildman–Crippen LogP) is 6.48. The number of azide groups is 1. The van der Waals surface area contributed by atoms with Gasteiger partial charge in [-0.3, -0.25) is 0 Å². The molecule has 31 heavy (non-hydrogen) atoms. The molecule has 0 aromatic heterocycles. The first-order chi connectivity index (χ1) is 14.5. The Hall–Kier alpha value is -3.19. The van der Waals surface area contributed by atoms with Crippen molar-refractivity contribution < 1.29 is 22.7 Å². The summed E-state index contributed by atoms with van der Waals surface area (Å²) >= 11 is 0. The van der Waals surface area contributed by atoms with E-state index in [0.717, 1.165) is 28.8 Å². The summed E-state index contributed by atoms with van der Waals surface area (Å²) in [7, 11) is 0. The van der Waals surface area contributed by atoms with E-state index in [0.29, 0.717) is 24.1 Å². The number of hydrogen-bond donors (Lipinski definition) is 0. The van der Waals surface area contributed by atoms with Crippen LogP contribution in [-0.2, 0) is 30.4 Å². The fourth-order valence-electron chi connectivity index (χ4n) is 3.52. The van der Waals surface area contributed by atoms with Crippen LogP contribution in [0.5, 0.6) is 0 Å². The van der Waals surface area contributed by atoms with Crippen molar-refractivity contribution in [2.24, 2.45) is 5.11 Å². The molecule has 0 aliphatic carbocycles. The smallest absolute Gasteiger partial charge is 0.416 e. The Kier molecular flexibility index (Phi) is 6.18. The molecule has 1 amide bonds. The molecular weight excluding hydrogens is 409 g/mol. The number of fused-ring (bicyclic) bond motifs is 1. The van der Waals surface area contributed by atoms with Gasteiger partial charge in [0.15, 0.2) is 0 Å². The van der Waals surface area contributed by atoms with Gasteiger partial charge in [0, 0.05) is 18.0 Å². The molecule has 3 rings (SSSR count). The van der Waals surface area contributed by atoms with Gasteiger partial charge in [-0.1, -0.05) is 29.4 Å². The number of benzene rings is 2. The maximum atomic E-state index is 13.0. The molecule has 0 spiro atoms. The minimum absolute atomic E-state index is 0.132. The largest absolute Gasteiger partial charge is 0.444 e. The summed E-state index contributed by atoms with van der Waals surface area (Å²) in [6, 6.07) is 8.63. The number of halogens is 3. The fraction of sp³-hybridized carbons (Fsp3) is 0.409. The fourth-order valence-corrected chi connectivity index (χ4v) is 3.52. The molecule has 6 nitrogen and oxygen atoms in total. The van der Waals surface area contributed by atoms with Gasteiger partial charge in [0.05, 0.1) is 12.1 Å². The lowest BCUT2D eigenvalue weighted by Crippen LogP contribution is -2.40. The quantitative estimate of drug-likeness (QED) is 0.316. The molecule has 0 bridgehead atoms. The first kappa shape index (κ1) is 22.5. The number of rotatable bonds is 3. The zero-order valence-corrected chi connectivity index (χ0v) is 17.5. The molecule has 0 fully saturated rings. The number of amides is 1. The highest BCUT2D eigenvalue weighted by Gasteiger charge is 2.31. The third-order valence-electron chi connectivity index (χ3n) is 4.89. The van der Waals surface area contributed by atoms with Gasteiger partial charge in [0.2, 0.25) is 0 Å². The van der Waals surface area contributed by atoms with Crippen molar-refractivity contribution in [3.63, 3.8) is 0 Å². The van der Waals surface area contributed by atoms with E-state index >= 15 is 0 Å². The summed E-state index contributed by atoms with van der Waals surface area (Å²) in [5.41, 5.74) is 11.2. The second-order valence-electron chi connectivity index (χ2n) is 8.40. The van der Waals surface area contributed by atoms with Crippen LogP contribution < -0.4 is 0 Å². The van der Waals surface area contributed by atoms with Crippen molar-refractivity contribution in [2.75, 3.05) is 6.54 Å². The van der Waals surface area contributed by atoms with Crippen LogP contribution in [0.15, 0.2) is 41.5 Å². The molecule has 2 aromatic carbocycles. The van der Waals surface area contributed by atoms with Crippen LogP contribution in [0.4, 0.5) is 18.0 Å². The van der Waals surface area contributed by atoms with E-state index in [-0.39, 0.29) is 13.1 Å². The lowest BCUT2D eigenvalue weighted by atomic mass is 9.89. The van der Waals surface area contributed by atoms with E-state index in [1.165, 1.54) is 12.1 Å². The molecule has 0 radical (unpaired) electrons. The van der Waals surface area contributed by atoms with Crippen LogP contribution in [0.2, 0.25) is 0 Å². The summed E-state index contributed by atoms with van der Waals surface area (Å²) in [5, 5.41) is 3.60. The predicted molar refractivity (Wildman–Crippen MR) is 110 cm³/mol. The number of carbonyl (C=O) groups is 1. The summed E-state index contributed by atoms with van der Waals surface area (Å²) in [6.07, 6.45) is -4.30. The number of nitrogens with zero attached hydrogens (tertiary/aromatic N) is 4. The van der Waals surface area contributed by atoms with Crippen LogP contribution in [0.1, 0.15) is 43.0 Å². The van der Waals surface area contributed by atoms with Gasteiger partial charge < -0.3 is 9.64 Å². The van der Waals surface area contributed by atoms with E-state index in [9.17, 15) is 18.0 Å². The number of ether oxygens (including phenoxy) is 1. The van der Waals surface area contributed by atoms with E-state index in [4.69, 9.17) is 10.3 Å². The molecule has 0 saturated heterocycles. The Morgan fingerprint density at radius 1 is 1.19 bits per heavy atom. The molecule has 1 heterocycles. The van der Waals surface area contributed by atoms with Gasteiger partial charge in [-0.2, -0.15) is 13.2 Å². The maximum absolute atomic E-state index is 13.0. The van der Waals surface area contributed by atoms with Gasteiger partial charge >= 0.3 is 12.3 Å². The minimum Gasteiger partial charge on any atom is -0.444 e. The summed E-state index contributed by atoms with van der Waals surface area (Å²) in [6.45, 7) is 6.24. The molecule has 0 N–H and O–H groups in total. The SMILES string of the molecule is CC(C)(C)OC(=O)N1CCc2cc(CN=[N+]=[N-])cc(-c3ccc(C(F)(F)F)cc3)c2C1. The lowest BCUT2D eigenvalue weighted by Gasteiger charge is -2.32. The molecular formula is C22H23F3N4O2. The van der Waals surface area contributed by atoms with Crippen molar-refractivity contribution in [3.05, 3.63) is 69.1 Å². The second kappa shape index (κ2) is 8.51. The van der Waals surface area contributed by atoms with E-state index in [1.54, 1.807) is 31.7 Å². The monoisotopic (exact) mass is 432 g/mol. The zero-order chi connectivity index (χ0) is 22.8. The Morgan fingerprint density at radius 2 is 1.87 bits per heavy atom. The summed E-state index contributed by atoms with van der Waals surface area (Å²) < 4.78 is 44.4. The molecule has 0 saturated carbocycles.